The second-order valence-corrected chi connectivity index (χ2v) is 5.21. The van der Waals surface area contributed by atoms with Gasteiger partial charge >= 0.3 is 0 Å². The number of hydrogen-bond acceptors (Lipinski definition) is 6. The molecule has 0 spiro atoms. The van der Waals surface area contributed by atoms with Crippen LogP contribution in [0.1, 0.15) is 0 Å². The number of amides is 1. The molecular formula is C17H17FN6O2. The van der Waals surface area contributed by atoms with Crippen molar-refractivity contribution in [1.29, 1.82) is 0 Å². The van der Waals surface area contributed by atoms with E-state index in [9.17, 15) is 9.18 Å². The van der Waals surface area contributed by atoms with Gasteiger partial charge in [0.2, 0.25) is 5.95 Å². The first-order valence-electron chi connectivity index (χ1n) is 7.77. The average molecular weight is 356 g/mol. The minimum absolute atomic E-state index is 0.0331. The van der Waals surface area contributed by atoms with Gasteiger partial charge in [-0.1, -0.05) is 6.07 Å². The average Bonchev–Trinajstić information content (AvgIpc) is 3.16. The van der Waals surface area contributed by atoms with Crippen molar-refractivity contribution in [3.8, 4) is 5.75 Å². The van der Waals surface area contributed by atoms with Crippen molar-refractivity contribution in [2.45, 2.75) is 0 Å². The van der Waals surface area contributed by atoms with E-state index in [0.717, 1.165) is 6.20 Å². The fourth-order valence-corrected chi connectivity index (χ4v) is 2.05. The van der Waals surface area contributed by atoms with E-state index in [0.29, 0.717) is 11.4 Å². The molecule has 0 fully saturated rings. The van der Waals surface area contributed by atoms with Crippen molar-refractivity contribution in [2.24, 2.45) is 0 Å². The lowest BCUT2D eigenvalue weighted by Gasteiger charge is -2.11. The van der Waals surface area contributed by atoms with Gasteiger partial charge < -0.3 is 15.4 Å². The molecule has 26 heavy (non-hydrogen) atoms. The Hall–Kier alpha value is -3.62. The van der Waals surface area contributed by atoms with Crippen molar-refractivity contribution < 1.29 is 13.9 Å². The number of carbonyl (C=O) groups is 1. The summed E-state index contributed by atoms with van der Waals surface area (Å²) >= 11 is 0. The van der Waals surface area contributed by atoms with E-state index in [4.69, 9.17) is 4.74 Å². The van der Waals surface area contributed by atoms with Crippen LogP contribution in [-0.4, -0.2) is 34.2 Å². The molecular weight excluding hydrogens is 339 g/mol. The number of aromatic nitrogens is 3. The van der Waals surface area contributed by atoms with Gasteiger partial charge in [0.1, 0.15) is 5.75 Å². The molecule has 0 radical (unpaired) electrons. The monoisotopic (exact) mass is 356 g/mol. The molecule has 0 unspecified atom stereocenters. The zero-order valence-corrected chi connectivity index (χ0v) is 13.9. The third-order valence-corrected chi connectivity index (χ3v) is 3.32. The molecule has 0 atom stereocenters. The van der Waals surface area contributed by atoms with Gasteiger partial charge in [-0.05, 0) is 24.3 Å². The molecule has 0 aliphatic heterocycles. The topological polar surface area (TPSA) is 93.1 Å². The molecule has 0 aliphatic carbocycles. The predicted molar refractivity (Wildman–Crippen MR) is 94.7 cm³/mol. The molecule has 8 nitrogen and oxygen atoms in total. The Bertz CT molecular complexity index is 885. The standard InChI is InChI=1S/C17H17FN6O2/c1-19-15(25)11-26-13-6-4-5-12(9-13)21-17-20-10-14(18)16(22-17)23-24-7-2-3-8-24/h2-10H,11H2,1H3,(H,19,25)(H2,20,21,22,23). The quantitative estimate of drug-likeness (QED) is 0.601. The molecule has 2 heterocycles. The summed E-state index contributed by atoms with van der Waals surface area (Å²) in [5.74, 6) is -0.0560. The van der Waals surface area contributed by atoms with Crippen LogP contribution in [0.5, 0.6) is 5.75 Å². The highest BCUT2D eigenvalue weighted by atomic mass is 19.1. The minimum Gasteiger partial charge on any atom is -0.484 e. The van der Waals surface area contributed by atoms with Crippen LogP contribution in [0.4, 0.5) is 21.8 Å². The normalized spacial score (nSPS) is 10.2. The smallest absolute Gasteiger partial charge is 0.257 e. The maximum Gasteiger partial charge on any atom is 0.257 e. The highest BCUT2D eigenvalue weighted by Crippen LogP contribution is 2.21. The molecule has 0 aliphatic rings. The van der Waals surface area contributed by atoms with Gasteiger partial charge in [-0.15, -0.1) is 0 Å². The summed E-state index contributed by atoms with van der Waals surface area (Å²) in [6.45, 7) is -0.0854. The molecule has 9 heteroatoms. The van der Waals surface area contributed by atoms with Crippen molar-refractivity contribution in [3.05, 3.63) is 60.8 Å². The number of benzene rings is 1. The Kier molecular flexibility index (Phi) is 5.28. The van der Waals surface area contributed by atoms with Gasteiger partial charge in [-0.3, -0.25) is 14.9 Å². The van der Waals surface area contributed by atoms with Gasteiger partial charge in [0, 0.05) is 31.2 Å². The SMILES string of the molecule is CNC(=O)COc1cccc(Nc2ncc(F)c(Nn3cccc3)n2)c1. The van der Waals surface area contributed by atoms with Crippen molar-refractivity contribution in [2.75, 3.05) is 24.4 Å². The van der Waals surface area contributed by atoms with Crippen molar-refractivity contribution in [3.63, 3.8) is 0 Å². The Morgan fingerprint density at radius 2 is 2.08 bits per heavy atom. The molecule has 3 rings (SSSR count). The molecule has 3 aromatic rings. The molecule has 0 saturated carbocycles. The first-order valence-corrected chi connectivity index (χ1v) is 7.77. The zero-order valence-electron chi connectivity index (χ0n) is 13.9. The lowest BCUT2D eigenvalue weighted by molar-refractivity contribution is -0.122. The number of nitrogens with zero attached hydrogens (tertiary/aromatic N) is 3. The van der Waals surface area contributed by atoms with Crippen molar-refractivity contribution >= 4 is 23.4 Å². The Labute approximate surface area is 149 Å². The van der Waals surface area contributed by atoms with Crippen LogP contribution in [0.25, 0.3) is 0 Å². The number of anilines is 3. The molecule has 1 amide bonds. The van der Waals surface area contributed by atoms with Crippen LogP contribution in [0.15, 0.2) is 55.0 Å². The number of likely N-dealkylation sites (N-methyl/N-ethyl adjacent to an activating group) is 1. The number of halogens is 1. The van der Waals surface area contributed by atoms with Crippen LogP contribution in [0, 0.1) is 5.82 Å². The maximum absolute atomic E-state index is 13.9. The van der Waals surface area contributed by atoms with Crippen LogP contribution in [-0.2, 0) is 4.79 Å². The maximum atomic E-state index is 13.9. The Balaban J connectivity index is 1.71. The van der Waals surface area contributed by atoms with E-state index in [-0.39, 0.29) is 24.3 Å². The second kappa shape index (κ2) is 7.97. The number of hydrogen-bond donors (Lipinski definition) is 3. The van der Waals surface area contributed by atoms with Gasteiger partial charge in [-0.25, -0.2) is 9.37 Å². The van der Waals surface area contributed by atoms with Crippen LogP contribution in [0.2, 0.25) is 0 Å². The fraction of sp³-hybridized carbons (Fsp3) is 0.118. The largest absolute Gasteiger partial charge is 0.484 e. The molecule has 2 aromatic heterocycles. The highest BCUT2D eigenvalue weighted by molar-refractivity contribution is 5.77. The van der Waals surface area contributed by atoms with Gasteiger partial charge in [0.05, 0.1) is 6.20 Å². The Morgan fingerprint density at radius 1 is 1.27 bits per heavy atom. The van der Waals surface area contributed by atoms with Crippen LogP contribution >= 0.6 is 0 Å². The molecule has 134 valence electrons. The van der Waals surface area contributed by atoms with E-state index >= 15 is 0 Å². The van der Waals surface area contributed by atoms with Gasteiger partial charge in [0.25, 0.3) is 5.91 Å². The lowest BCUT2D eigenvalue weighted by atomic mass is 10.3. The highest BCUT2D eigenvalue weighted by Gasteiger charge is 2.08. The third kappa shape index (κ3) is 4.47. The second-order valence-electron chi connectivity index (χ2n) is 5.21. The van der Waals surface area contributed by atoms with E-state index in [1.165, 1.54) is 7.05 Å². The number of ether oxygens (including phenoxy) is 1. The fourth-order valence-electron chi connectivity index (χ4n) is 2.05. The lowest BCUT2D eigenvalue weighted by Crippen LogP contribution is -2.24. The van der Waals surface area contributed by atoms with Crippen LogP contribution < -0.4 is 20.8 Å². The summed E-state index contributed by atoms with van der Waals surface area (Å²) in [5.41, 5.74) is 3.45. The van der Waals surface area contributed by atoms with Crippen molar-refractivity contribution in [1.82, 2.24) is 20.0 Å². The summed E-state index contributed by atoms with van der Waals surface area (Å²) < 4.78 is 20.8. The van der Waals surface area contributed by atoms with E-state index in [1.807, 2.05) is 0 Å². The zero-order chi connectivity index (χ0) is 18.4. The summed E-state index contributed by atoms with van der Waals surface area (Å²) in [4.78, 5) is 19.3. The molecule has 0 bridgehead atoms. The summed E-state index contributed by atoms with van der Waals surface area (Å²) in [6.07, 6.45) is 4.52. The minimum atomic E-state index is -0.577. The number of nitrogens with one attached hydrogen (secondary N) is 3. The summed E-state index contributed by atoms with van der Waals surface area (Å²) in [6, 6.07) is 10.5. The molecule has 0 saturated heterocycles. The van der Waals surface area contributed by atoms with Gasteiger partial charge in [-0.2, -0.15) is 4.98 Å². The van der Waals surface area contributed by atoms with Crippen LogP contribution in [0.3, 0.4) is 0 Å². The number of carbonyl (C=O) groups excluding carboxylic acids is 1. The molecule has 3 N–H and O–H groups in total. The first-order chi connectivity index (χ1) is 12.6. The first kappa shape index (κ1) is 17.2. The summed E-state index contributed by atoms with van der Waals surface area (Å²) in [5, 5.41) is 5.45. The predicted octanol–water partition coefficient (Wildman–Crippen LogP) is 2.16. The third-order valence-electron chi connectivity index (χ3n) is 3.32. The summed E-state index contributed by atoms with van der Waals surface area (Å²) in [7, 11) is 1.54. The van der Waals surface area contributed by atoms with E-state index in [1.54, 1.807) is 53.5 Å². The Morgan fingerprint density at radius 3 is 2.85 bits per heavy atom. The van der Waals surface area contributed by atoms with E-state index < -0.39 is 5.82 Å². The molecule has 1 aromatic carbocycles. The van der Waals surface area contributed by atoms with E-state index in [2.05, 4.69) is 26.0 Å². The van der Waals surface area contributed by atoms with Gasteiger partial charge in [0.15, 0.2) is 18.2 Å². The number of rotatable bonds is 7.